The monoisotopic (exact) mass is 383 g/mol. The topological polar surface area (TPSA) is 57.4 Å². The third-order valence-corrected chi connectivity index (χ3v) is 6.14. The third-order valence-electron chi connectivity index (χ3n) is 5.03. The zero-order valence-electron chi connectivity index (χ0n) is 16.0. The molecule has 27 heavy (non-hydrogen) atoms. The number of hydrogen-bond acceptors (Lipinski definition) is 4. The van der Waals surface area contributed by atoms with Crippen molar-refractivity contribution < 1.29 is 9.53 Å². The van der Waals surface area contributed by atoms with Gasteiger partial charge in [0, 0.05) is 35.8 Å². The average Bonchev–Trinajstić information content (AvgIpc) is 3.15. The lowest BCUT2D eigenvalue weighted by molar-refractivity contribution is 0.0343. The largest absolute Gasteiger partial charge is 0.379 e. The van der Waals surface area contributed by atoms with Crippen molar-refractivity contribution in [3.05, 3.63) is 51.5 Å². The molecule has 1 aliphatic rings. The van der Waals surface area contributed by atoms with Crippen molar-refractivity contribution in [1.29, 1.82) is 0 Å². The Morgan fingerprint density at radius 1 is 1.22 bits per heavy atom. The molecule has 3 aromatic rings. The molecule has 142 valence electrons. The van der Waals surface area contributed by atoms with Gasteiger partial charge in [0.05, 0.1) is 23.4 Å². The smallest absolute Gasteiger partial charge is 0.272 e. The van der Waals surface area contributed by atoms with E-state index in [1.165, 1.54) is 15.1 Å². The Bertz CT molecular complexity index is 983. The first-order chi connectivity index (χ1) is 13.0. The number of hydrogen-bond donors (Lipinski definition) is 2. The van der Waals surface area contributed by atoms with E-state index in [2.05, 4.69) is 41.2 Å². The highest BCUT2D eigenvalue weighted by Gasteiger charge is 2.23. The van der Waals surface area contributed by atoms with Gasteiger partial charge >= 0.3 is 0 Å². The van der Waals surface area contributed by atoms with Crippen LogP contribution in [0.2, 0.25) is 0 Å². The molecule has 6 heteroatoms. The number of morpholine rings is 1. The molecule has 1 fully saturated rings. The molecule has 0 bridgehead atoms. The molecule has 2 aromatic heterocycles. The average molecular weight is 384 g/mol. The summed E-state index contributed by atoms with van der Waals surface area (Å²) in [6, 6.07) is 8.20. The predicted molar refractivity (Wildman–Crippen MR) is 111 cm³/mol. The first kappa shape index (κ1) is 18.2. The highest BCUT2D eigenvalue weighted by atomic mass is 32.1. The van der Waals surface area contributed by atoms with Crippen molar-refractivity contribution in [2.45, 2.75) is 27.3 Å². The molecule has 5 nitrogen and oxygen atoms in total. The second-order valence-corrected chi connectivity index (χ2v) is 8.50. The summed E-state index contributed by atoms with van der Waals surface area (Å²) in [5.41, 5.74) is 5.93. The van der Waals surface area contributed by atoms with Crippen LogP contribution >= 0.6 is 11.3 Å². The number of thiophene rings is 1. The van der Waals surface area contributed by atoms with Crippen LogP contribution in [0.3, 0.4) is 0 Å². The van der Waals surface area contributed by atoms with Crippen LogP contribution in [0, 0.1) is 20.8 Å². The Morgan fingerprint density at radius 2 is 2.00 bits per heavy atom. The molecular weight excluding hydrogens is 358 g/mol. The summed E-state index contributed by atoms with van der Waals surface area (Å²) < 4.78 is 6.65. The maximum absolute atomic E-state index is 13.1. The maximum atomic E-state index is 13.1. The number of carbonyl (C=O) groups excluding carboxylic acids is 1. The van der Waals surface area contributed by atoms with E-state index in [0.717, 1.165) is 55.2 Å². The summed E-state index contributed by atoms with van der Waals surface area (Å²) in [6.45, 7) is 10.2. The Morgan fingerprint density at radius 3 is 2.74 bits per heavy atom. The van der Waals surface area contributed by atoms with Crippen molar-refractivity contribution in [1.82, 2.24) is 9.88 Å². The van der Waals surface area contributed by atoms with Gasteiger partial charge in [-0.2, -0.15) is 0 Å². The lowest BCUT2D eigenvalue weighted by atomic mass is 10.1. The van der Waals surface area contributed by atoms with Gasteiger partial charge in [0.2, 0.25) is 0 Å². The molecule has 1 saturated heterocycles. The second kappa shape index (κ2) is 7.46. The van der Waals surface area contributed by atoms with E-state index in [4.69, 9.17) is 4.74 Å². The lowest BCUT2D eigenvalue weighted by Gasteiger charge is -2.26. The van der Waals surface area contributed by atoms with E-state index in [1.807, 2.05) is 19.1 Å². The van der Waals surface area contributed by atoms with Gasteiger partial charge in [0.25, 0.3) is 5.91 Å². The number of aromatic amines is 1. The summed E-state index contributed by atoms with van der Waals surface area (Å²) in [4.78, 5) is 20.1. The molecule has 4 rings (SSSR count). The highest BCUT2D eigenvalue weighted by molar-refractivity contribution is 7.19. The van der Waals surface area contributed by atoms with Gasteiger partial charge < -0.3 is 15.0 Å². The molecule has 0 radical (unpaired) electrons. The van der Waals surface area contributed by atoms with Crippen molar-refractivity contribution >= 4 is 33.1 Å². The lowest BCUT2D eigenvalue weighted by Crippen LogP contribution is -2.36. The van der Waals surface area contributed by atoms with Crippen molar-refractivity contribution in [2.75, 3.05) is 31.6 Å². The van der Waals surface area contributed by atoms with E-state index in [0.29, 0.717) is 5.69 Å². The predicted octanol–water partition coefficient (Wildman–Crippen LogP) is 4.24. The summed E-state index contributed by atoms with van der Waals surface area (Å²) >= 11 is 1.75. The SMILES string of the molecule is Cc1ccc(NC(=O)c2[nH]c3cc(C)sc3c2CN2CCOCC2)c(C)c1. The number of H-pyrrole nitrogens is 1. The van der Waals surface area contributed by atoms with E-state index in [1.54, 1.807) is 11.3 Å². The summed E-state index contributed by atoms with van der Waals surface area (Å²) in [5, 5.41) is 3.09. The molecular formula is C21H25N3O2S. The number of aromatic nitrogens is 1. The Balaban J connectivity index is 1.66. The summed E-state index contributed by atoms with van der Waals surface area (Å²) in [6.07, 6.45) is 0. The summed E-state index contributed by atoms with van der Waals surface area (Å²) in [5.74, 6) is -0.0775. The molecule has 1 aromatic carbocycles. The van der Waals surface area contributed by atoms with Crippen molar-refractivity contribution in [3.63, 3.8) is 0 Å². The quantitative estimate of drug-likeness (QED) is 0.708. The third kappa shape index (κ3) is 3.78. The number of carbonyl (C=O) groups is 1. The van der Waals surface area contributed by atoms with Crippen LogP contribution in [0.5, 0.6) is 0 Å². The Kier molecular flexibility index (Phi) is 5.04. The van der Waals surface area contributed by atoms with Gasteiger partial charge in [-0.05, 0) is 38.5 Å². The van der Waals surface area contributed by atoms with Crippen LogP contribution in [0.4, 0.5) is 5.69 Å². The Hall–Kier alpha value is -2.15. The van der Waals surface area contributed by atoms with E-state index >= 15 is 0 Å². The number of benzene rings is 1. The fraction of sp³-hybridized carbons (Fsp3) is 0.381. The number of nitrogens with zero attached hydrogens (tertiary/aromatic N) is 1. The van der Waals surface area contributed by atoms with Crippen LogP contribution in [0.25, 0.3) is 10.2 Å². The van der Waals surface area contributed by atoms with Crippen molar-refractivity contribution in [2.24, 2.45) is 0 Å². The minimum Gasteiger partial charge on any atom is -0.379 e. The van der Waals surface area contributed by atoms with Gasteiger partial charge in [-0.3, -0.25) is 9.69 Å². The number of aryl methyl sites for hydroxylation is 3. The molecule has 1 amide bonds. The van der Waals surface area contributed by atoms with Gasteiger partial charge in [0.1, 0.15) is 5.69 Å². The molecule has 1 aliphatic heterocycles. The number of rotatable bonds is 4. The van der Waals surface area contributed by atoms with Crippen molar-refractivity contribution in [3.8, 4) is 0 Å². The van der Waals surface area contributed by atoms with E-state index < -0.39 is 0 Å². The van der Waals surface area contributed by atoms with E-state index in [-0.39, 0.29) is 5.91 Å². The maximum Gasteiger partial charge on any atom is 0.272 e. The number of anilines is 1. The first-order valence-electron chi connectivity index (χ1n) is 9.31. The van der Waals surface area contributed by atoms with Gasteiger partial charge in [0.15, 0.2) is 0 Å². The normalized spacial score (nSPS) is 15.4. The van der Waals surface area contributed by atoms with Crippen LogP contribution in [-0.4, -0.2) is 42.1 Å². The molecule has 0 atom stereocenters. The zero-order chi connectivity index (χ0) is 19.0. The van der Waals surface area contributed by atoms with Gasteiger partial charge in [-0.1, -0.05) is 17.7 Å². The molecule has 0 aliphatic carbocycles. The summed E-state index contributed by atoms with van der Waals surface area (Å²) in [7, 11) is 0. The molecule has 3 heterocycles. The minimum atomic E-state index is -0.0775. The number of ether oxygens (including phenoxy) is 1. The number of amides is 1. The molecule has 2 N–H and O–H groups in total. The fourth-order valence-electron chi connectivity index (χ4n) is 3.62. The molecule has 0 saturated carbocycles. The number of nitrogens with one attached hydrogen (secondary N) is 2. The standard InChI is InChI=1S/C21H25N3O2S/c1-13-4-5-17(14(2)10-13)23-21(25)19-16(12-24-6-8-26-9-7-24)20-18(22-19)11-15(3)27-20/h4-5,10-11,22H,6-9,12H2,1-3H3,(H,23,25). The van der Waals surface area contributed by atoms with Crippen LogP contribution < -0.4 is 5.32 Å². The zero-order valence-corrected chi connectivity index (χ0v) is 16.8. The fourth-order valence-corrected chi connectivity index (χ4v) is 4.63. The Labute approximate surface area is 163 Å². The molecule has 0 unspecified atom stereocenters. The van der Waals surface area contributed by atoms with Gasteiger partial charge in [-0.15, -0.1) is 11.3 Å². The highest BCUT2D eigenvalue weighted by Crippen LogP contribution is 2.32. The van der Waals surface area contributed by atoms with E-state index in [9.17, 15) is 4.79 Å². The second-order valence-electron chi connectivity index (χ2n) is 7.24. The van der Waals surface area contributed by atoms with Crippen LogP contribution in [-0.2, 0) is 11.3 Å². The van der Waals surface area contributed by atoms with Crippen LogP contribution in [0.15, 0.2) is 24.3 Å². The minimum absolute atomic E-state index is 0.0775. The first-order valence-corrected chi connectivity index (χ1v) is 10.1. The van der Waals surface area contributed by atoms with Crippen LogP contribution in [0.1, 0.15) is 32.1 Å². The van der Waals surface area contributed by atoms with Gasteiger partial charge in [-0.25, -0.2) is 0 Å². The molecule has 0 spiro atoms. The number of fused-ring (bicyclic) bond motifs is 1.